The molecule has 0 bridgehead atoms. The van der Waals surface area contributed by atoms with Gasteiger partial charge in [0.25, 0.3) is 0 Å². The minimum Gasteiger partial charge on any atom is -0.351 e. The molecule has 2 aliphatic heterocycles. The lowest BCUT2D eigenvalue weighted by atomic mass is 10.1. The summed E-state index contributed by atoms with van der Waals surface area (Å²) in [4.78, 5) is 15.4. The number of nitrogens with zero attached hydrogens (tertiary/aromatic N) is 4. The molecule has 5 nitrogen and oxygen atoms in total. The topological polar surface area (TPSA) is 43.8 Å². The van der Waals surface area contributed by atoms with Crippen LogP contribution in [0, 0.1) is 13.8 Å². The average molecular weight is 463 g/mol. The zero-order chi connectivity index (χ0) is 16.2. The Morgan fingerprint density at radius 1 is 1.25 bits per heavy atom. The Morgan fingerprint density at radius 2 is 2.00 bits per heavy atom. The maximum atomic E-state index is 4.50. The molecule has 3 heterocycles. The molecule has 24 heavy (non-hydrogen) atoms. The first-order valence-corrected chi connectivity index (χ1v) is 9.61. The van der Waals surface area contributed by atoms with E-state index in [0.29, 0.717) is 6.04 Å². The highest BCUT2D eigenvalue weighted by atomic mass is 127. The van der Waals surface area contributed by atoms with Crippen LogP contribution in [0.25, 0.3) is 0 Å². The van der Waals surface area contributed by atoms with Crippen molar-refractivity contribution in [2.75, 3.05) is 33.2 Å². The van der Waals surface area contributed by atoms with Crippen LogP contribution in [0.2, 0.25) is 0 Å². The molecule has 0 aliphatic carbocycles. The Labute approximate surface area is 166 Å². The lowest BCUT2D eigenvalue weighted by Gasteiger charge is -2.32. The summed E-state index contributed by atoms with van der Waals surface area (Å²) in [6.07, 6.45) is 5.41. The molecule has 1 aromatic rings. The first-order valence-electron chi connectivity index (χ1n) is 8.80. The van der Waals surface area contributed by atoms with Gasteiger partial charge in [0.1, 0.15) is 0 Å². The number of aryl methyl sites for hydroxylation is 2. The van der Waals surface area contributed by atoms with Gasteiger partial charge < -0.3 is 10.2 Å². The quantitative estimate of drug-likeness (QED) is 0.425. The lowest BCUT2D eigenvalue weighted by molar-refractivity contribution is 0.168. The second-order valence-corrected chi connectivity index (χ2v) is 7.92. The Kier molecular flexibility index (Phi) is 7.74. The van der Waals surface area contributed by atoms with E-state index in [0.717, 1.165) is 36.3 Å². The fourth-order valence-electron chi connectivity index (χ4n) is 3.74. The van der Waals surface area contributed by atoms with Gasteiger partial charge >= 0.3 is 0 Å². The van der Waals surface area contributed by atoms with Crippen LogP contribution in [0.3, 0.4) is 0 Å². The maximum Gasteiger partial charge on any atom is 0.193 e. The predicted molar refractivity (Wildman–Crippen MR) is 113 cm³/mol. The molecule has 2 saturated heterocycles. The molecule has 0 aromatic carbocycles. The zero-order valence-corrected chi connectivity index (χ0v) is 18.2. The molecule has 1 unspecified atom stereocenters. The summed E-state index contributed by atoms with van der Waals surface area (Å²) in [6.45, 7) is 9.77. The van der Waals surface area contributed by atoms with E-state index in [-0.39, 0.29) is 24.0 Å². The molecule has 0 radical (unpaired) electrons. The highest BCUT2D eigenvalue weighted by Crippen LogP contribution is 2.21. The molecule has 1 N–H and O–H groups in total. The number of rotatable bonds is 3. The molecule has 2 aliphatic rings. The smallest absolute Gasteiger partial charge is 0.193 e. The third kappa shape index (κ3) is 4.82. The Hall–Kier alpha value is -0.410. The van der Waals surface area contributed by atoms with E-state index in [1.807, 2.05) is 7.05 Å². The molecular weight excluding hydrogens is 433 g/mol. The number of hydrogen-bond donors (Lipinski definition) is 1. The molecule has 0 saturated carbocycles. The third-order valence-corrected chi connectivity index (χ3v) is 6.06. The van der Waals surface area contributed by atoms with Crippen molar-refractivity contribution in [3.63, 3.8) is 0 Å². The number of hydrogen-bond acceptors (Lipinski definition) is 4. The molecule has 0 spiro atoms. The zero-order valence-electron chi connectivity index (χ0n) is 15.0. The largest absolute Gasteiger partial charge is 0.351 e. The standard InChI is InChI=1S/C17H29N5S.HI/c1-13-16(23-14(2)20-13)11-19-17(18-3)22-10-7-15(12-22)21-8-5-4-6-9-21;/h15H,4-12H2,1-3H3,(H,18,19);1H. The number of nitrogens with one attached hydrogen (secondary N) is 1. The van der Waals surface area contributed by atoms with Crippen LogP contribution in [0.1, 0.15) is 41.3 Å². The fourth-order valence-corrected chi connectivity index (χ4v) is 4.62. The maximum absolute atomic E-state index is 4.50. The van der Waals surface area contributed by atoms with Crippen molar-refractivity contribution < 1.29 is 0 Å². The SMILES string of the molecule is CN=C(NCc1sc(C)nc1C)N1CCC(N2CCCCC2)C1.I. The first-order chi connectivity index (χ1) is 11.2. The number of guanidine groups is 1. The van der Waals surface area contributed by atoms with Gasteiger partial charge in [0, 0.05) is 31.1 Å². The summed E-state index contributed by atoms with van der Waals surface area (Å²) in [5, 5.41) is 4.67. The normalized spacial score (nSPS) is 22.5. The molecule has 1 atom stereocenters. The highest BCUT2D eigenvalue weighted by Gasteiger charge is 2.29. The molecule has 7 heteroatoms. The number of likely N-dealkylation sites (tertiary alicyclic amines) is 2. The second kappa shape index (κ2) is 9.33. The molecular formula is C17H30IN5S. The van der Waals surface area contributed by atoms with Crippen molar-refractivity contribution in [3.8, 4) is 0 Å². The van der Waals surface area contributed by atoms with Crippen molar-refractivity contribution in [3.05, 3.63) is 15.6 Å². The van der Waals surface area contributed by atoms with Gasteiger partial charge in [0.05, 0.1) is 17.2 Å². The van der Waals surface area contributed by atoms with E-state index < -0.39 is 0 Å². The summed E-state index contributed by atoms with van der Waals surface area (Å²) in [7, 11) is 1.89. The van der Waals surface area contributed by atoms with Crippen LogP contribution in [-0.4, -0.2) is 60.0 Å². The van der Waals surface area contributed by atoms with Crippen molar-refractivity contribution in [2.45, 2.75) is 52.1 Å². The number of piperidine rings is 1. The molecule has 1 aromatic heterocycles. The van der Waals surface area contributed by atoms with E-state index in [2.05, 4.69) is 38.9 Å². The van der Waals surface area contributed by atoms with E-state index in [1.165, 1.54) is 43.6 Å². The summed E-state index contributed by atoms with van der Waals surface area (Å²) < 4.78 is 0. The van der Waals surface area contributed by atoms with Crippen molar-refractivity contribution in [1.82, 2.24) is 20.1 Å². The number of aromatic nitrogens is 1. The van der Waals surface area contributed by atoms with Gasteiger partial charge in [-0.1, -0.05) is 6.42 Å². The molecule has 2 fully saturated rings. The van der Waals surface area contributed by atoms with Gasteiger partial charge in [-0.3, -0.25) is 9.89 Å². The van der Waals surface area contributed by atoms with Crippen LogP contribution in [0.15, 0.2) is 4.99 Å². The number of halogens is 1. The fraction of sp³-hybridized carbons (Fsp3) is 0.765. The Balaban J connectivity index is 0.00000208. The highest BCUT2D eigenvalue weighted by molar-refractivity contribution is 14.0. The number of aliphatic imine (C=N–C) groups is 1. The minimum absolute atomic E-state index is 0. The van der Waals surface area contributed by atoms with Crippen molar-refractivity contribution in [2.24, 2.45) is 4.99 Å². The van der Waals surface area contributed by atoms with Gasteiger partial charge in [-0.2, -0.15) is 0 Å². The van der Waals surface area contributed by atoms with E-state index >= 15 is 0 Å². The van der Waals surface area contributed by atoms with Gasteiger partial charge in [-0.25, -0.2) is 4.98 Å². The van der Waals surface area contributed by atoms with Gasteiger partial charge in [-0.05, 0) is 46.2 Å². The van der Waals surface area contributed by atoms with Gasteiger partial charge in [0.2, 0.25) is 0 Å². The van der Waals surface area contributed by atoms with Crippen LogP contribution in [0.5, 0.6) is 0 Å². The first kappa shape index (κ1) is 19.9. The Morgan fingerprint density at radius 3 is 2.62 bits per heavy atom. The summed E-state index contributed by atoms with van der Waals surface area (Å²) in [5.74, 6) is 1.04. The van der Waals surface area contributed by atoms with Crippen LogP contribution in [0.4, 0.5) is 0 Å². The lowest BCUT2D eigenvalue weighted by Crippen LogP contribution is -2.44. The van der Waals surface area contributed by atoms with E-state index in [1.54, 1.807) is 11.3 Å². The number of thiazole rings is 1. The molecule has 136 valence electrons. The second-order valence-electron chi connectivity index (χ2n) is 6.63. The third-order valence-electron chi connectivity index (χ3n) is 4.99. The summed E-state index contributed by atoms with van der Waals surface area (Å²) >= 11 is 1.78. The Bertz CT molecular complexity index is 553. The van der Waals surface area contributed by atoms with Crippen molar-refractivity contribution in [1.29, 1.82) is 0 Å². The van der Waals surface area contributed by atoms with Crippen LogP contribution >= 0.6 is 35.3 Å². The molecule has 0 amide bonds. The van der Waals surface area contributed by atoms with Crippen molar-refractivity contribution >= 4 is 41.3 Å². The predicted octanol–water partition coefficient (Wildman–Crippen LogP) is 3.01. The monoisotopic (exact) mass is 463 g/mol. The summed E-state index contributed by atoms with van der Waals surface area (Å²) in [6, 6.07) is 0.709. The van der Waals surface area contributed by atoms with E-state index in [9.17, 15) is 0 Å². The average Bonchev–Trinajstić information content (AvgIpc) is 3.16. The van der Waals surface area contributed by atoms with Gasteiger partial charge in [-0.15, -0.1) is 35.3 Å². The minimum atomic E-state index is 0. The van der Waals surface area contributed by atoms with Crippen LogP contribution < -0.4 is 5.32 Å². The summed E-state index contributed by atoms with van der Waals surface area (Å²) in [5.41, 5.74) is 1.14. The van der Waals surface area contributed by atoms with E-state index in [4.69, 9.17) is 0 Å². The van der Waals surface area contributed by atoms with Gasteiger partial charge in [0.15, 0.2) is 5.96 Å². The molecule has 3 rings (SSSR count). The van der Waals surface area contributed by atoms with Crippen LogP contribution in [-0.2, 0) is 6.54 Å².